The first-order valence-corrected chi connectivity index (χ1v) is 3.69. The topological polar surface area (TPSA) is 27.1 Å². The summed E-state index contributed by atoms with van der Waals surface area (Å²) < 4.78 is 30.2. The number of nitrogens with zero attached hydrogens (tertiary/aromatic N) is 2. The van der Waals surface area contributed by atoms with Gasteiger partial charge in [0.05, 0.1) is 19.1 Å². The van der Waals surface area contributed by atoms with E-state index >= 15 is 0 Å². The fourth-order valence-electron chi connectivity index (χ4n) is 0.622. The minimum Gasteiger partial charge on any atom is -0.302 e. The molecule has 1 heterocycles. The van der Waals surface area contributed by atoms with Crippen LogP contribution in [-0.2, 0) is 9.61 Å². The summed E-state index contributed by atoms with van der Waals surface area (Å²) in [7, 11) is 0. The van der Waals surface area contributed by atoms with Gasteiger partial charge in [0.1, 0.15) is 23.0 Å². The summed E-state index contributed by atoms with van der Waals surface area (Å²) in [5.41, 5.74) is 0. The van der Waals surface area contributed by atoms with Crippen LogP contribution in [0.15, 0.2) is 12.5 Å². The van der Waals surface area contributed by atoms with Crippen molar-refractivity contribution in [3.63, 3.8) is 0 Å². The molecule has 1 rings (SSSR count). The standard InChI is InChI=1S/C5H5F2IN2O/c6-4-1-9-3-10(4)2-5(7)11-8/h1,3,5H,2H2. The van der Waals surface area contributed by atoms with Gasteiger partial charge in [-0.15, -0.1) is 0 Å². The molecule has 0 aromatic carbocycles. The van der Waals surface area contributed by atoms with Gasteiger partial charge in [-0.2, -0.15) is 4.39 Å². The molecule has 6 heteroatoms. The van der Waals surface area contributed by atoms with Gasteiger partial charge in [-0.05, 0) is 0 Å². The number of alkyl halides is 1. The largest absolute Gasteiger partial charge is 0.302 e. The van der Waals surface area contributed by atoms with Gasteiger partial charge in [0.15, 0.2) is 0 Å². The van der Waals surface area contributed by atoms with Crippen molar-refractivity contribution in [2.75, 3.05) is 0 Å². The lowest BCUT2D eigenvalue weighted by molar-refractivity contribution is 0.0929. The van der Waals surface area contributed by atoms with Crippen LogP contribution >= 0.6 is 23.0 Å². The molecule has 0 radical (unpaired) electrons. The first kappa shape index (κ1) is 8.85. The van der Waals surface area contributed by atoms with Crippen molar-refractivity contribution >= 4 is 23.0 Å². The molecule has 0 bridgehead atoms. The highest BCUT2D eigenvalue weighted by atomic mass is 127. The number of halogens is 3. The van der Waals surface area contributed by atoms with Crippen molar-refractivity contribution in [2.45, 2.75) is 12.9 Å². The smallest absolute Gasteiger partial charge is 0.227 e. The average Bonchev–Trinajstić information content (AvgIpc) is 2.37. The minimum absolute atomic E-state index is 0.172. The van der Waals surface area contributed by atoms with Crippen LogP contribution in [-0.4, -0.2) is 15.9 Å². The average molecular weight is 274 g/mol. The number of imidazole rings is 1. The van der Waals surface area contributed by atoms with E-state index in [-0.39, 0.29) is 6.54 Å². The summed E-state index contributed by atoms with van der Waals surface area (Å²) in [6.45, 7) is -0.172. The molecule has 1 aromatic rings. The van der Waals surface area contributed by atoms with Crippen LogP contribution in [0.2, 0.25) is 0 Å². The van der Waals surface area contributed by atoms with Crippen LogP contribution in [0.5, 0.6) is 0 Å². The monoisotopic (exact) mass is 274 g/mol. The second-order valence-corrected chi connectivity index (χ2v) is 2.38. The lowest BCUT2D eigenvalue weighted by atomic mass is 10.6. The first-order valence-electron chi connectivity index (χ1n) is 2.81. The molecule has 0 amide bonds. The molecule has 11 heavy (non-hydrogen) atoms. The summed E-state index contributed by atoms with van der Waals surface area (Å²) in [4.78, 5) is 3.47. The van der Waals surface area contributed by atoms with Crippen molar-refractivity contribution in [1.82, 2.24) is 9.55 Å². The number of aromatic nitrogens is 2. The molecule has 0 saturated heterocycles. The van der Waals surface area contributed by atoms with Crippen molar-refractivity contribution in [3.8, 4) is 0 Å². The Labute approximate surface area is 76.1 Å². The summed E-state index contributed by atoms with van der Waals surface area (Å²) >= 11 is 1.42. The lowest BCUT2D eigenvalue weighted by Crippen LogP contribution is -2.11. The van der Waals surface area contributed by atoms with Crippen molar-refractivity contribution in [1.29, 1.82) is 0 Å². The number of hydrogen-bond donors (Lipinski definition) is 0. The Kier molecular flexibility index (Phi) is 3.18. The highest BCUT2D eigenvalue weighted by molar-refractivity contribution is 14.1. The third-order valence-electron chi connectivity index (χ3n) is 1.10. The molecular weight excluding hydrogens is 269 g/mol. The van der Waals surface area contributed by atoms with E-state index < -0.39 is 12.3 Å². The van der Waals surface area contributed by atoms with E-state index in [1.165, 1.54) is 29.3 Å². The normalized spacial score (nSPS) is 13.4. The maximum atomic E-state index is 12.5. The number of rotatable bonds is 3. The van der Waals surface area contributed by atoms with Gasteiger partial charge in [-0.3, -0.25) is 3.07 Å². The van der Waals surface area contributed by atoms with E-state index in [2.05, 4.69) is 8.05 Å². The predicted molar refractivity (Wildman–Crippen MR) is 42.2 cm³/mol. The molecule has 1 unspecified atom stereocenters. The Bertz CT molecular complexity index is 230. The quantitative estimate of drug-likeness (QED) is 0.784. The second kappa shape index (κ2) is 3.96. The van der Waals surface area contributed by atoms with Gasteiger partial charge in [-0.1, -0.05) is 0 Å². The summed E-state index contributed by atoms with van der Waals surface area (Å²) in [5, 5.41) is 0. The van der Waals surface area contributed by atoms with Gasteiger partial charge in [0.25, 0.3) is 0 Å². The van der Waals surface area contributed by atoms with E-state index in [0.29, 0.717) is 0 Å². The molecule has 0 aliphatic carbocycles. The molecule has 0 N–H and O–H groups in total. The van der Waals surface area contributed by atoms with Crippen LogP contribution in [0, 0.1) is 5.95 Å². The second-order valence-electron chi connectivity index (χ2n) is 1.87. The molecular formula is C5H5F2IN2O. The molecule has 3 nitrogen and oxygen atoms in total. The van der Waals surface area contributed by atoms with Gasteiger partial charge >= 0.3 is 0 Å². The SMILES string of the molecule is Fc1cncn1CC(F)OI. The maximum Gasteiger partial charge on any atom is 0.227 e. The van der Waals surface area contributed by atoms with E-state index in [1.807, 2.05) is 0 Å². The Balaban J connectivity index is 2.56. The van der Waals surface area contributed by atoms with E-state index in [9.17, 15) is 8.78 Å². The van der Waals surface area contributed by atoms with Crippen LogP contribution in [0.4, 0.5) is 8.78 Å². The molecule has 62 valence electrons. The Morgan fingerprint density at radius 1 is 1.82 bits per heavy atom. The summed E-state index contributed by atoms with van der Waals surface area (Å²) in [6.07, 6.45) is 0.719. The van der Waals surface area contributed by atoms with Crippen molar-refractivity contribution in [2.24, 2.45) is 0 Å². The highest BCUT2D eigenvalue weighted by Crippen LogP contribution is 2.05. The first-order chi connectivity index (χ1) is 5.24. The Hall–Kier alpha value is -0.240. The predicted octanol–water partition coefficient (Wildman–Crippen LogP) is 1.68. The highest BCUT2D eigenvalue weighted by Gasteiger charge is 2.08. The third-order valence-corrected chi connectivity index (χ3v) is 1.65. The molecule has 1 aromatic heterocycles. The lowest BCUT2D eigenvalue weighted by Gasteiger charge is -2.04. The third kappa shape index (κ3) is 2.37. The molecule has 1 atom stereocenters. The Morgan fingerprint density at radius 3 is 3.00 bits per heavy atom. The number of hydrogen-bond acceptors (Lipinski definition) is 2. The summed E-state index contributed by atoms with van der Waals surface area (Å²) in [6, 6.07) is 0. The summed E-state index contributed by atoms with van der Waals surface area (Å²) in [5.74, 6) is -0.568. The maximum absolute atomic E-state index is 12.5. The molecule has 0 fully saturated rings. The molecule has 0 spiro atoms. The van der Waals surface area contributed by atoms with Crippen molar-refractivity contribution in [3.05, 3.63) is 18.5 Å². The molecule has 0 aliphatic heterocycles. The fourth-order valence-corrected chi connectivity index (χ4v) is 0.783. The van der Waals surface area contributed by atoms with Crippen LogP contribution < -0.4 is 0 Å². The van der Waals surface area contributed by atoms with Gasteiger partial charge in [-0.25, -0.2) is 9.37 Å². The zero-order chi connectivity index (χ0) is 8.27. The van der Waals surface area contributed by atoms with E-state index in [0.717, 1.165) is 10.8 Å². The zero-order valence-electron chi connectivity index (χ0n) is 5.38. The van der Waals surface area contributed by atoms with Crippen molar-refractivity contribution < 1.29 is 11.8 Å². The van der Waals surface area contributed by atoms with Crippen LogP contribution in [0.3, 0.4) is 0 Å². The van der Waals surface area contributed by atoms with Gasteiger partial charge < -0.3 is 4.57 Å². The van der Waals surface area contributed by atoms with E-state index in [1.54, 1.807) is 0 Å². The molecule has 0 aliphatic rings. The zero-order valence-corrected chi connectivity index (χ0v) is 7.53. The van der Waals surface area contributed by atoms with Crippen LogP contribution in [0.1, 0.15) is 0 Å². The van der Waals surface area contributed by atoms with Crippen LogP contribution in [0.25, 0.3) is 0 Å². The fraction of sp³-hybridized carbons (Fsp3) is 0.400. The minimum atomic E-state index is -1.50. The van der Waals surface area contributed by atoms with Gasteiger partial charge in [0.2, 0.25) is 12.3 Å². The van der Waals surface area contributed by atoms with E-state index in [4.69, 9.17) is 0 Å². The Morgan fingerprint density at radius 2 is 2.55 bits per heavy atom. The van der Waals surface area contributed by atoms with Gasteiger partial charge in [0, 0.05) is 0 Å². The molecule has 0 saturated carbocycles.